The molecule has 8 N–H and O–H groups in total. The molecule has 18 rings (SSSR count). The second kappa shape index (κ2) is 29.8. The zero-order valence-corrected chi connectivity index (χ0v) is 58.7. The van der Waals surface area contributed by atoms with Gasteiger partial charge in [-0.15, -0.1) is 0 Å². The van der Waals surface area contributed by atoms with E-state index in [0.717, 1.165) is 190 Å². The number of aryl methyl sites for hydroxylation is 4. The predicted octanol–water partition coefficient (Wildman–Crippen LogP) is 17.1. The summed E-state index contributed by atoms with van der Waals surface area (Å²) >= 11 is 0. The van der Waals surface area contributed by atoms with E-state index < -0.39 is 0 Å². The molecule has 1 aliphatic rings. The van der Waals surface area contributed by atoms with Gasteiger partial charge in [0.15, 0.2) is 23.3 Å². The van der Waals surface area contributed by atoms with Crippen molar-refractivity contribution in [1.29, 1.82) is 0 Å². The molecule has 0 amide bonds. The maximum Gasteiger partial charge on any atom is 0.181 e. The molecular formula is C81H74F2N20O2. The van der Waals surface area contributed by atoms with Crippen molar-refractivity contribution < 1.29 is 18.3 Å². The lowest BCUT2D eigenvalue weighted by Crippen LogP contribution is -1.95. The normalized spacial score (nSPS) is 11.8. The van der Waals surface area contributed by atoms with Gasteiger partial charge in [-0.05, 0) is 206 Å². The molecule has 17 aromatic rings. The number of nitrogens with one attached hydrogen (secondary N) is 8. The summed E-state index contributed by atoms with van der Waals surface area (Å²) in [5, 5.41) is 63.2. The highest BCUT2D eigenvalue weighted by molar-refractivity contribution is 5.98. The van der Waals surface area contributed by atoms with Crippen LogP contribution in [-0.4, -0.2) is 115 Å². The van der Waals surface area contributed by atoms with E-state index in [-0.39, 0.29) is 11.6 Å². The van der Waals surface area contributed by atoms with Crippen LogP contribution in [-0.2, 0) is 32.1 Å². The summed E-state index contributed by atoms with van der Waals surface area (Å²) in [5.74, 6) is 7.93. The van der Waals surface area contributed by atoms with E-state index in [1.165, 1.54) is 35.7 Å². The number of hydrogen-bond donors (Lipinski definition) is 8. The lowest BCUT2D eigenvalue weighted by molar-refractivity contribution is 0.357. The third-order valence-electron chi connectivity index (χ3n) is 18.2. The Balaban J connectivity index is 0.000000113. The van der Waals surface area contributed by atoms with Gasteiger partial charge in [0, 0.05) is 91.7 Å². The molecule has 1 aliphatic heterocycles. The van der Waals surface area contributed by atoms with E-state index in [9.17, 15) is 8.78 Å². The Morgan fingerprint density at radius 3 is 1.39 bits per heavy atom. The van der Waals surface area contributed by atoms with E-state index in [4.69, 9.17) is 9.47 Å². The van der Waals surface area contributed by atoms with Crippen molar-refractivity contribution in [2.24, 2.45) is 11.8 Å². The molecule has 0 radical (unpaired) electrons. The molecule has 24 heteroatoms. The molecule has 9 aromatic carbocycles. The first-order valence-electron chi connectivity index (χ1n) is 34.7. The second-order valence-electron chi connectivity index (χ2n) is 26.7. The average molecular weight is 1400 g/mol. The summed E-state index contributed by atoms with van der Waals surface area (Å²) < 4.78 is 37.7. The van der Waals surface area contributed by atoms with E-state index in [2.05, 4.69) is 172 Å². The van der Waals surface area contributed by atoms with Crippen molar-refractivity contribution in [2.45, 2.75) is 73.6 Å². The second-order valence-corrected chi connectivity index (χ2v) is 26.7. The zero-order valence-electron chi connectivity index (χ0n) is 58.7. The number of aromatic amines is 8. The summed E-state index contributed by atoms with van der Waals surface area (Å²) in [6.07, 6.45) is 5.91. The van der Waals surface area contributed by atoms with Crippen molar-refractivity contribution in [3.05, 3.63) is 240 Å². The molecule has 0 aliphatic carbocycles. The molecule has 0 bridgehead atoms. The first kappa shape index (κ1) is 67.7. The van der Waals surface area contributed by atoms with E-state index in [1.54, 1.807) is 38.3 Å². The summed E-state index contributed by atoms with van der Waals surface area (Å²) in [5.41, 5.74) is 19.1. The van der Waals surface area contributed by atoms with Crippen LogP contribution in [0, 0.1) is 37.3 Å². The molecular weight excluding hydrogens is 1320 g/mol. The summed E-state index contributed by atoms with van der Waals surface area (Å²) in [6, 6.07) is 58.2. The molecule has 0 saturated heterocycles. The fraction of sp³-hybridized carbons (Fsp3) is 0.185. The molecule has 0 fully saturated rings. The summed E-state index contributed by atoms with van der Waals surface area (Å²) in [7, 11) is 1.68. The topological polar surface area (TPSA) is 299 Å². The number of H-pyrrole nitrogens is 8. The van der Waals surface area contributed by atoms with Gasteiger partial charge in [-0.3, -0.25) is 40.8 Å². The number of nitrogens with zero attached hydrogens (tertiary/aromatic N) is 12. The molecule has 9 heterocycles. The van der Waals surface area contributed by atoms with Crippen LogP contribution in [0.2, 0.25) is 0 Å². The van der Waals surface area contributed by atoms with E-state index >= 15 is 0 Å². The maximum absolute atomic E-state index is 13.5. The molecule has 0 unspecified atom stereocenters. The van der Waals surface area contributed by atoms with Gasteiger partial charge in [0.2, 0.25) is 0 Å². The van der Waals surface area contributed by atoms with Gasteiger partial charge in [0.05, 0.1) is 58.6 Å². The van der Waals surface area contributed by atoms with Crippen molar-refractivity contribution in [2.75, 3.05) is 13.7 Å². The first-order valence-corrected chi connectivity index (χ1v) is 34.7. The number of ether oxygens (including phenoxy) is 2. The fourth-order valence-corrected chi connectivity index (χ4v) is 12.9. The fourth-order valence-electron chi connectivity index (χ4n) is 12.9. The molecule has 0 spiro atoms. The van der Waals surface area contributed by atoms with Crippen LogP contribution < -0.4 is 9.47 Å². The molecule has 0 saturated carbocycles. The third-order valence-corrected chi connectivity index (χ3v) is 18.2. The Labute approximate surface area is 601 Å². The highest BCUT2D eigenvalue weighted by Crippen LogP contribution is 2.37. The Morgan fingerprint density at radius 1 is 0.429 bits per heavy atom. The minimum Gasteiger partial charge on any atom is -0.496 e. The largest absolute Gasteiger partial charge is 0.496 e. The van der Waals surface area contributed by atoms with Crippen LogP contribution >= 0.6 is 0 Å². The number of halogens is 2. The molecule has 524 valence electrons. The molecule has 0 atom stereocenters. The van der Waals surface area contributed by atoms with Crippen LogP contribution in [0.3, 0.4) is 0 Å². The third kappa shape index (κ3) is 15.0. The van der Waals surface area contributed by atoms with Crippen LogP contribution in [0.15, 0.2) is 188 Å². The monoisotopic (exact) mass is 1400 g/mol. The number of aromatic nitrogens is 20. The van der Waals surface area contributed by atoms with Gasteiger partial charge < -0.3 is 9.47 Å². The molecule has 105 heavy (non-hydrogen) atoms. The van der Waals surface area contributed by atoms with Crippen molar-refractivity contribution >= 4 is 43.6 Å². The molecule has 8 aromatic heterocycles. The van der Waals surface area contributed by atoms with Crippen LogP contribution in [0.4, 0.5) is 8.78 Å². The first-order chi connectivity index (χ1) is 51.2. The maximum atomic E-state index is 13.5. The highest BCUT2D eigenvalue weighted by atomic mass is 19.1. The smallest absolute Gasteiger partial charge is 0.181 e. The van der Waals surface area contributed by atoms with E-state index in [0.29, 0.717) is 34.9 Å². The predicted molar refractivity (Wildman–Crippen MR) is 404 cm³/mol. The van der Waals surface area contributed by atoms with Crippen LogP contribution in [0.25, 0.3) is 134 Å². The van der Waals surface area contributed by atoms with Gasteiger partial charge in [-0.2, -0.15) is 40.8 Å². The Hall–Kier alpha value is -13.1. The van der Waals surface area contributed by atoms with Gasteiger partial charge >= 0.3 is 0 Å². The van der Waals surface area contributed by atoms with E-state index in [1.807, 2.05) is 104 Å². The Bertz CT molecular complexity index is 5860. The SMILES string of the molecule is CC(C)Cc1nc(-c2ccc3[nH]nc(-c4ccc5c(c4)CCO5)c3c2)n[nH]1.COc1ccc(-c2n[nH]c3ccc(-c4n[nH]c(CC(C)C)n4)cc23)cc1C.Cc1cc(-c2n[nH]c3ccc(-c4ncn[nH]4)cc23)ccc1F.Fc1ccc(-c2n[nH]c3ccc(-c4n[nH]c(CCc5ccccc5)n4)cc23)cc1. The molecule has 22 nitrogen and oxygen atoms in total. The lowest BCUT2D eigenvalue weighted by Gasteiger charge is -2.06. The number of methoxy groups -OCH3 is 1. The Kier molecular flexibility index (Phi) is 19.2. The van der Waals surface area contributed by atoms with Gasteiger partial charge in [0.1, 0.15) is 46.9 Å². The average Bonchev–Trinajstić information content (AvgIpc) is 1.64. The zero-order chi connectivity index (χ0) is 72.1. The van der Waals surface area contributed by atoms with Crippen molar-refractivity contribution in [3.63, 3.8) is 0 Å². The summed E-state index contributed by atoms with van der Waals surface area (Å²) in [6.45, 7) is 13.2. The van der Waals surface area contributed by atoms with Crippen LogP contribution in [0.5, 0.6) is 11.5 Å². The van der Waals surface area contributed by atoms with Crippen LogP contribution in [0.1, 0.15) is 67.4 Å². The Morgan fingerprint density at radius 2 is 0.886 bits per heavy atom. The highest BCUT2D eigenvalue weighted by Gasteiger charge is 2.20. The van der Waals surface area contributed by atoms with Crippen molar-refractivity contribution in [1.82, 2.24) is 102 Å². The number of fused-ring (bicyclic) bond motifs is 5. The quantitative estimate of drug-likeness (QED) is 0.0446. The minimum atomic E-state index is -0.266. The minimum absolute atomic E-state index is 0.217. The number of rotatable bonds is 16. The lowest BCUT2D eigenvalue weighted by atomic mass is 10.0. The summed E-state index contributed by atoms with van der Waals surface area (Å²) in [4.78, 5) is 18.1. The standard InChI is InChI=1S/C23H18FN5.C21H21N5O.C21H23N5O.C16H12FN5/c24-18-10-7-16(8-11-18)22-19-14-17(9-12-20(19)26-28-22)23-25-21(27-29-23)13-6-15-4-2-1-3-5-15;1-12(2)9-19-22-21(26-24-19)15-3-5-17-16(11-15)20(25-23-17)14-4-6-18-13(10-14)7-8-27-18;1-12(2)9-19-22-21(26-24-19)15-5-7-17-16(11-15)20(25-23-17)14-6-8-18(27-4)13(3)10-14;1-9-6-10(2-4-13(9)17)15-12-7-11(16-18-8-19-22-16)3-5-14(12)20-21-15/h1-5,7-12,14H,6,13H2,(H,26,28)(H,25,27,29);3-6,10-12H,7-9H2,1-2H3,(H,23,25)(H,22,24,26);5-8,10-12H,9H2,1-4H3,(H,23,25)(H,22,24,26);2-8H,1H3,(H,20,21)(H,18,19,22). The van der Waals surface area contributed by atoms with Gasteiger partial charge in [-0.1, -0.05) is 58.0 Å². The number of hydrogen-bond acceptors (Lipinski definition) is 14. The number of benzene rings is 9. The van der Waals surface area contributed by atoms with Gasteiger partial charge in [-0.25, -0.2) is 28.7 Å². The van der Waals surface area contributed by atoms with Gasteiger partial charge in [0.25, 0.3) is 0 Å². The van der Waals surface area contributed by atoms with Crippen molar-refractivity contribution in [3.8, 4) is 102 Å².